The molecule has 2 N–H and O–H groups in total. The summed E-state index contributed by atoms with van der Waals surface area (Å²) in [5, 5.41) is 22.3. The molecule has 1 fully saturated rings. The molecule has 3 rings (SSSR count). The fraction of sp³-hybridized carbons (Fsp3) is 0.722. The third kappa shape index (κ3) is 4.10. The van der Waals surface area contributed by atoms with Crippen LogP contribution in [0.25, 0.3) is 0 Å². The number of imidazole rings is 1. The summed E-state index contributed by atoms with van der Waals surface area (Å²) in [6.07, 6.45) is 10.4. The van der Waals surface area contributed by atoms with E-state index in [1.807, 2.05) is 23.3 Å². The Hall–Kier alpha value is -1.73. The quantitative estimate of drug-likeness (QED) is 0.840. The normalized spacial score (nSPS) is 21.8. The third-order valence-electron chi connectivity index (χ3n) is 5.03. The average molecular weight is 346 g/mol. The van der Waals surface area contributed by atoms with E-state index in [9.17, 15) is 5.11 Å². The Labute approximate surface area is 149 Å². The van der Waals surface area contributed by atoms with Gasteiger partial charge in [-0.1, -0.05) is 18.1 Å². The highest BCUT2D eigenvalue weighted by Crippen LogP contribution is 2.29. The van der Waals surface area contributed by atoms with Crippen molar-refractivity contribution in [3.8, 4) is 0 Å². The van der Waals surface area contributed by atoms with Crippen molar-refractivity contribution in [1.29, 1.82) is 0 Å². The first kappa shape index (κ1) is 18.1. The highest BCUT2D eigenvalue weighted by molar-refractivity contribution is 5.04. The van der Waals surface area contributed by atoms with Gasteiger partial charge in [-0.25, -0.2) is 9.67 Å². The molecule has 0 aromatic carbocycles. The number of nitrogens with one attached hydrogen (secondary N) is 1. The molecule has 2 aromatic heterocycles. The number of aliphatic hydroxyl groups is 1. The molecule has 0 bridgehead atoms. The van der Waals surface area contributed by atoms with Gasteiger partial charge in [-0.15, -0.1) is 5.10 Å². The molecule has 7 heteroatoms. The molecule has 0 saturated heterocycles. The summed E-state index contributed by atoms with van der Waals surface area (Å²) in [6, 6.07) is 1.01. The molecule has 0 aliphatic heterocycles. The van der Waals surface area contributed by atoms with Crippen molar-refractivity contribution in [3.05, 3.63) is 30.1 Å². The van der Waals surface area contributed by atoms with Gasteiger partial charge in [0.05, 0.1) is 18.8 Å². The highest BCUT2D eigenvalue weighted by Gasteiger charge is 2.29. The monoisotopic (exact) mass is 346 g/mol. The minimum atomic E-state index is -0.960. The Balaban J connectivity index is 1.71. The fourth-order valence-electron chi connectivity index (χ4n) is 3.56. The summed E-state index contributed by atoms with van der Waals surface area (Å²) in [5.74, 6) is 1.06. The minimum Gasteiger partial charge on any atom is -0.384 e. The zero-order valence-electron chi connectivity index (χ0n) is 15.7. The molecule has 2 aromatic rings. The van der Waals surface area contributed by atoms with Crippen molar-refractivity contribution in [3.63, 3.8) is 0 Å². The van der Waals surface area contributed by atoms with Crippen LogP contribution in [0.5, 0.6) is 0 Å². The molecule has 2 heterocycles. The first-order valence-electron chi connectivity index (χ1n) is 9.26. The third-order valence-corrected chi connectivity index (χ3v) is 5.03. The van der Waals surface area contributed by atoms with Crippen molar-refractivity contribution in [2.75, 3.05) is 0 Å². The predicted octanol–water partition coefficient (Wildman–Crippen LogP) is 2.56. The Bertz CT molecular complexity index is 684. The molecular formula is C18H30N6O. The molecule has 7 nitrogen and oxygen atoms in total. The van der Waals surface area contributed by atoms with Crippen molar-refractivity contribution >= 4 is 0 Å². The molecule has 0 unspecified atom stereocenters. The lowest BCUT2D eigenvalue weighted by Crippen LogP contribution is -2.40. The van der Waals surface area contributed by atoms with E-state index in [4.69, 9.17) is 0 Å². The summed E-state index contributed by atoms with van der Waals surface area (Å²) in [6.45, 7) is 8.57. The van der Waals surface area contributed by atoms with Crippen LogP contribution < -0.4 is 5.32 Å². The van der Waals surface area contributed by atoms with Crippen LogP contribution in [0.3, 0.4) is 0 Å². The zero-order valence-corrected chi connectivity index (χ0v) is 15.7. The molecule has 2 atom stereocenters. The summed E-state index contributed by atoms with van der Waals surface area (Å²) >= 11 is 0. The van der Waals surface area contributed by atoms with E-state index in [1.54, 1.807) is 13.8 Å². The van der Waals surface area contributed by atoms with Gasteiger partial charge in [-0.05, 0) is 40.5 Å². The minimum absolute atomic E-state index is 0.264. The number of hydrogen-bond acceptors (Lipinski definition) is 5. The zero-order chi connectivity index (χ0) is 18.0. The van der Waals surface area contributed by atoms with Crippen LogP contribution in [0.1, 0.15) is 77.0 Å². The highest BCUT2D eigenvalue weighted by atomic mass is 16.3. The van der Waals surface area contributed by atoms with Crippen LogP contribution in [0.15, 0.2) is 18.6 Å². The van der Waals surface area contributed by atoms with E-state index < -0.39 is 5.60 Å². The Morgan fingerprint density at radius 3 is 2.76 bits per heavy atom. The van der Waals surface area contributed by atoms with E-state index in [2.05, 4.69) is 39.0 Å². The van der Waals surface area contributed by atoms with Crippen molar-refractivity contribution < 1.29 is 5.11 Å². The predicted molar refractivity (Wildman–Crippen MR) is 96.0 cm³/mol. The first-order chi connectivity index (χ1) is 11.9. The van der Waals surface area contributed by atoms with Gasteiger partial charge in [-0.3, -0.25) is 0 Å². The van der Waals surface area contributed by atoms with Crippen molar-refractivity contribution in [2.45, 2.75) is 83.6 Å². The number of rotatable bonds is 6. The van der Waals surface area contributed by atoms with Gasteiger partial charge in [0.15, 0.2) is 0 Å². The van der Waals surface area contributed by atoms with Crippen LogP contribution in [-0.4, -0.2) is 35.7 Å². The SMILES string of the molecule is CC(C)n1ccnc1CN[C@H]1CCCC[C@H]1n1cc(C(C)(C)O)nn1. The van der Waals surface area contributed by atoms with Crippen molar-refractivity contribution in [1.82, 2.24) is 29.9 Å². The van der Waals surface area contributed by atoms with Gasteiger partial charge < -0.3 is 15.0 Å². The standard InChI is InChI=1S/C18H30N6O/c1-13(2)23-10-9-19-17(23)11-20-14-7-5-6-8-15(14)24-12-16(21-22-24)18(3,4)25/h9-10,12-15,20,25H,5-8,11H2,1-4H3/t14-,15+/m0/s1. The van der Waals surface area contributed by atoms with E-state index in [0.29, 0.717) is 17.8 Å². The van der Waals surface area contributed by atoms with Gasteiger partial charge in [0.25, 0.3) is 0 Å². The Kier molecular flexibility index (Phi) is 5.24. The van der Waals surface area contributed by atoms with Gasteiger partial charge in [0, 0.05) is 24.5 Å². The van der Waals surface area contributed by atoms with Gasteiger partial charge >= 0.3 is 0 Å². The molecule has 1 saturated carbocycles. The number of aromatic nitrogens is 5. The fourth-order valence-corrected chi connectivity index (χ4v) is 3.56. The lowest BCUT2D eigenvalue weighted by molar-refractivity contribution is 0.0736. The molecule has 0 radical (unpaired) electrons. The second-order valence-corrected chi connectivity index (χ2v) is 7.83. The molecule has 0 amide bonds. The largest absolute Gasteiger partial charge is 0.384 e. The maximum absolute atomic E-state index is 10.1. The summed E-state index contributed by atoms with van der Waals surface area (Å²) in [7, 11) is 0. The maximum Gasteiger partial charge on any atom is 0.122 e. The van der Waals surface area contributed by atoms with Crippen LogP contribution in [0.2, 0.25) is 0 Å². The summed E-state index contributed by atoms with van der Waals surface area (Å²) < 4.78 is 4.13. The summed E-state index contributed by atoms with van der Waals surface area (Å²) in [5.41, 5.74) is -0.343. The van der Waals surface area contributed by atoms with E-state index in [-0.39, 0.29) is 6.04 Å². The van der Waals surface area contributed by atoms with Crippen LogP contribution >= 0.6 is 0 Å². The molecule has 1 aliphatic rings. The lowest BCUT2D eigenvalue weighted by Gasteiger charge is -2.32. The molecule has 0 spiro atoms. The Morgan fingerprint density at radius 1 is 1.32 bits per heavy atom. The van der Waals surface area contributed by atoms with E-state index >= 15 is 0 Å². The van der Waals surface area contributed by atoms with Gasteiger partial charge in [0.2, 0.25) is 0 Å². The van der Waals surface area contributed by atoms with Crippen LogP contribution in [0, 0.1) is 0 Å². The topological polar surface area (TPSA) is 80.8 Å². The number of hydrogen-bond donors (Lipinski definition) is 2. The van der Waals surface area contributed by atoms with E-state index in [1.165, 1.54) is 12.8 Å². The summed E-state index contributed by atoms with van der Waals surface area (Å²) in [4.78, 5) is 4.49. The maximum atomic E-state index is 10.1. The first-order valence-corrected chi connectivity index (χ1v) is 9.26. The molecular weight excluding hydrogens is 316 g/mol. The molecule has 1 aliphatic carbocycles. The molecule has 25 heavy (non-hydrogen) atoms. The lowest BCUT2D eigenvalue weighted by atomic mass is 9.90. The van der Waals surface area contributed by atoms with E-state index in [0.717, 1.165) is 25.2 Å². The average Bonchev–Trinajstić information content (AvgIpc) is 3.22. The number of nitrogens with zero attached hydrogens (tertiary/aromatic N) is 5. The van der Waals surface area contributed by atoms with Crippen LogP contribution in [-0.2, 0) is 12.1 Å². The molecule has 138 valence electrons. The smallest absolute Gasteiger partial charge is 0.122 e. The van der Waals surface area contributed by atoms with Crippen molar-refractivity contribution in [2.24, 2.45) is 0 Å². The Morgan fingerprint density at radius 2 is 2.08 bits per heavy atom. The van der Waals surface area contributed by atoms with Gasteiger partial charge in [0.1, 0.15) is 17.1 Å². The second-order valence-electron chi connectivity index (χ2n) is 7.83. The second kappa shape index (κ2) is 7.25. The van der Waals surface area contributed by atoms with Gasteiger partial charge in [-0.2, -0.15) is 0 Å². The van der Waals surface area contributed by atoms with Crippen LogP contribution in [0.4, 0.5) is 0 Å².